The first-order chi connectivity index (χ1) is 9.60. The summed E-state index contributed by atoms with van der Waals surface area (Å²) in [6, 6.07) is 0.0794. The number of alkyl halides is 1. The molecule has 0 fully saturated rings. The molecule has 2 heterocycles. The molecular weight excluding hydrogens is 280 g/mol. The van der Waals surface area contributed by atoms with E-state index in [0.717, 1.165) is 5.82 Å². The largest absolute Gasteiger partial charge is 0.479 e. The molecule has 110 valence electrons. The average molecular weight is 299 g/mol. The zero-order valence-corrected chi connectivity index (χ0v) is 12.9. The first-order valence-electron chi connectivity index (χ1n) is 6.58. The Hall–Kier alpha value is -1.40. The molecule has 0 saturated carbocycles. The van der Waals surface area contributed by atoms with Gasteiger partial charge in [-0.3, -0.25) is 0 Å². The van der Waals surface area contributed by atoms with Gasteiger partial charge in [0, 0.05) is 6.61 Å². The van der Waals surface area contributed by atoms with Crippen LogP contribution in [0.4, 0.5) is 0 Å². The van der Waals surface area contributed by atoms with Gasteiger partial charge >= 0.3 is 0 Å². The summed E-state index contributed by atoms with van der Waals surface area (Å²) >= 11 is 6.24. The predicted octanol–water partition coefficient (Wildman–Crippen LogP) is 2.73. The molecule has 0 aliphatic carbocycles. The maximum absolute atomic E-state index is 6.24. The Balaban J connectivity index is 2.57. The van der Waals surface area contributed by atoms with Crippen LogP contribution in [0.5, 0.6) is 5.88 Å². The van der Waals surface area contributed by atoms with Crippen LogP contribution in [-0.2, 0) is 4.74 Å². The number of methoxy groups -OCH3 is 1. The molecule has 0 saturated heterocycles. The fourth-order valence-electron chi connectivity index (χ4n) is 2.13. The van der Waals surface area contributed by atoms with E-state index in [1.54, 1.807) is 7.11 Å². The number of hydrogen-bond acceptors (Lipinski definition) is 5. The van der Waals surface area contributed by atoms with Crippen molar-refractivity contribution in [2.24, 2.45) is 0 Å². The molecular formula is C13H19ClN4O2. The Bertz CT molecular complexity index is 585. The van der Waals surface area contributed by atoms with Gasteiger partial charge in [0.2, 0.25) is 5.88 Å². The lowest BCUT2D eigenvalue weighted by Gasteiger charge is -2.17. The molecule has 2 aromatic heterocycles. The number of hydrogen-bond donors (Lipinski definition) is 0. The standard InChI is InChI=1S/C13H19ClN4O2/c1-5-20-6-8(2)18-11(9(3)14)17-10-12(18)15-7-16-13(10)19-4/h7-9H,5-6H2,1-4H3. The number of ether oxygens (including phenoxy) is 2. The van der Waals surface area contributed by atoms with E-state index in [-0.39, 0.29) is 11.4 Å². The summed E-state index contributed by atoms with van der Waals surface area (Å²) in [6.07, 6.45) is 1.47. The Morgan fingerprint density at radius 2 is 2.10 bits per heavy atom. The molecule has 0 aromatic carbocycles. The lowest BCUT2D eigenvalue weighted by molar-refractivity contribution is 0.119. The molecule has 0 spiro atoms. The van der Waals surface area contributed by atoms with Crippen molar-refractivity contribution in [1.82, 2.24) is 19.5 Å². The minimum absolute atomic E-state index is 0.0794. The van der Waals surface area contributed by atoms with Crippen molar-refractivity contribution in [3.63, 3.8) is 0 Å². The van der Waals surface area contributed by atoms with Crippen LogP contribution in [0.15, 0.2) is 6.33 Å². The summed E-state index contributed by atoms with van der Waals surface area (Å²) < 4.78 is 12.7. The highest BCUT2D eigenvalue weighted by Gasteiger charge is 2.22. The Labute approximate surface area is 123 Å². The Morgan fingerprint density at radius 3 is 2.70 bits per heavy atom. The van der Waals surface area contributed by atoms with Crippen molar-refractivity contribution in [3.05, 3.63) is 12.2 Å². The van der Waals surface area contributed by atoms with Crippen molar-refractivity contribution in [1.29, 1.82) is 0 Å². The fourth-order valence-corrected chi connectivity index (χ4v) is 2.29. The second-order valence-corrected chi connectivity index (χ2v) is 5.17. The predicted molar refractivity (Wildman–Crippen MR) is 77.3 cm³/mol. The average Bonchev–Trinajstić information content (AvgIpc) is 2.84. The van der Waals surface area contributed by atoms with Crippen LogP contribution in [0.2, 0.25) is 0 Å². The van der Waals surface area contributed by atoms with Crippen LogP contribution < -0.4 is 4.74 Å². The van der Waals surface area contributed by atoms with Gasteiger partial charge in [0.1, 0.15) is 12.2 Å². The van der Waals surface area contributed by atoms with Crippen molar-refractivity contribution in [2.75, 3.05) is 20.3 Å². The number of fused-ring (bicyclic) bond motifs is 1. The fraction of sp³-hybridized carbons (Fsp3) is 0.615. The van der Waals surface area contributed by atoms with Crippen LogP contribution in [0.1, 0.15) is 38.0 Å². The molecule has 6 nitrogen and oxygen atoms in total. The van der Waals surface area contributed by atoms with E-state index in [1.807, 2.05) is 25.3 Å². The van der Waals surface area contributed by atoms with E-state index in [2.05, 4.69) is 15.0 Å². The second-order valence-electron chi connectivity index (χ2n) is 4.52. The molecule has 0 amide bonds. The topological polar surface area (TPSA) is 62.1 Å². The molecule has 2 atom stereocenters. The molecule has 0 aliphatic rings. The molecule has 0 N–H and O–H groups in total. The van der Waals surface area contributed by atoms with E-state index >= 15 is 0 Å². The van der Waals surface area contributed by atoms with Gasteiger partial charge < -0.3 is 14.0 Å². The maximum Gasteiger partial charge on any atom is 0.245 e. The van der Waals surface area contributed by atoms with Crippen LogP contribution in [0, 0.1) is 0 Å². The van der Waals surface area contributed by atoms with E-state index in [4.69, 9.17) is 21.1 Å². The van der Waals surface area contributed by atoms with Crippen molar-refractivity contribution in [2.45, 2.75) is 32.2 Å². The van der Waals surface area contributed by atoms with Gasteiger partial charge in [-0.05, 0) is 20.8 Å². The molecule has 0 radical (unpaired) electrons. The summed E-state index contributed by atoms with van der Waals surface area (Å²) in [4.78, 5) is 12.9. The third-order valence-corrected chi connectivity index (χ3v) is 3.22. The number of aromatic nitrogens is 4. The quantitative estimate of drug-likeness (QED) is 0.767. The summed E-state index contributed by atoms with van der Waals surface area (Å²) in [7, 11) is 1.56. The summed E-state index contributed by atoms with van der Waals surface area (Å²) in [5.74, 6) is 1.20. The van der Waals surface area contributed by atoms with Gasteiger partial charge in [-0.25, -0.2) is 9.97 Å². The van der Waals surface area contributed by atoms with Crippen LogP contribution in [-0.4, -0.2) is 39.8 Å². The third kappa shape index (κ3) is 2.71. The number of rotatable bonds is 6. The molecule has 7 heteroatoms. The van der Waals surface area contributed by atoms with Crippen LogP contribution >= 0.6 is 11.6 Å². The Morgan fingerprint density at radius 1 is 1.35 bits per heavy atom. The lowest BCUT2D eigenvalue weighted by atomic mass is 10.3. The second kappa shape index (κ2) is 6.37. The minimum atomic E-state index is -0.238. The van der Waals surface area contributed by atoms with Crippen molar-refractivity contribution >= 4 is 22.8 Å². The molecule has 0 bridgehead atoms. The van der Waals surface area contributed by atoms with Crippen molar-refractivity contribution in [3.8, 4) is 5.88 Å². The van der Waals surface area contributed by atoms with E-state index in [1.165, 1.54) is 6.33 Å². The minimum Gasteiger partial charge on any atom is -0.479 e. The highest BCUT2D eigenvalue weighted by atomic mass is 35.5. The monoisotopic (exact) mass is 298 g/mol. The van der Waals surface area contributed by atoms with Gasteiger partial charge in [0.05, 0.1) is 25.1 Å². The third-order valence-electron chi connectivity index (χ3n) is 3.02. The smallest absolute Gasteiger partial charge is 0.245 e. The SMILES string of the molecule is CCOCC(C)n1c(C(C)Cl)nc2c(OC)ncnc21. The van der Waals surface area contributed by atoms with Gasteiger partial charge in [-0.1, -0.05) is 0 Å². The van der Waals surface area contributed by atoms with Gasteiger partial charge in [-0.15, -0.1) is 11.6 Å². The van der Waals surface area contributed by atoms with Gasteiger partial charge in [-0.2, -0.15) is 4.98 Å². The highest BCUT2D eigenvalue weighted by molar-refractivity contribution is 6.20. The molecule has 2 unspecified atom stereocenters. The maximum atomic E-state index is 6.24. The normalized spacial score (nSPS) is 14.4. The van der Waals surface area contributed by atoms with Crippen LogP contribution in [0.3, 0.4) is 0 Å². The summed E-state index contributed by atoms with van der Waals surface area (Å²) in [6.45, 7) is 7.14. The van der Waals surface area contributed by atoms with E-state index in [0.29, 0.717) is 30.3 Å². The highest BCUT2D eigenvalue weighted by Crippen LogP contribution is 2.30. The van der Waals surface area contributed by atoms with Crippen LogP contribution in [0.25, 0.3) is 11.2 Å². The summed E-state index contributed by atoms with van der Waals surface area (Å²) in [5.41, 5.74) is 1.34. The number of halogens is 1. The van der Waals surface area contributed by atoms with Gasteiger partial charge in [0.15, 0.2) is 11.2 Å². The number of nitrogens with zero attached hydrogens (tertiary/aromatic N) is 4. The van der Waals surface area contributed by atoms with Gasteiger partial charge in [0.25, 0.3) is 0 Å². The summed E-state index contributed by atoms with van der Waals surface area (Å²) in [5, 5.41) is -0.238. The number of imidazole rings is 1. The molecule has 20 heavy (non-hydrogen) atoms. The first-order valence-corrected chi connectivity index (χ1v) is 7.02. The lowest BCUT2D eigenvalue weighted by Crippen LogP contribution is -2.16. The van der Waals surface area contributed by atoms with Crippen molar-refractivity contribution < 1.29 is 9.47 Å². The first kappa shape index (κ1) is 15.0. The zero-order valence-electron chi connectivity index (χ0n) is 12.1. The molecule has 2 aromatic rings. The molecule has 2 rings (SSSR count). The molecule has 0 aliphatic heterocycles. The Kier molecular flexibility index (Phi) is 4.77. The zero-order chi connectivity index (χ0) is 14.7. The van der Waals surface area contributed by atoms with E-state index in [9.17, 15) is 0 Å². The van der Waals surface area contributed by atoms with E-state index < -0.39 is 0 Å².